The molecule has 0 bridgehead atoms. The second kappa shape index (κ2) is 20.4. The summed E-state index contributed by atoms with van der Waals surface area (Å²) in [5, 5.41) is 7.55. The first-order valence-electron chi connectivity index (χ1n) is 18.6. The minimum Gasteiger partial charge on any atom is -0.465 e. The molecular formula is C44H48Cl2N2O5S. The Morgan fingerprint density at radius 3 is 1.41 bits per heavy atom. The minimum atomic E-state index is -0.309. The highest BCUT2D eigenvalue weighted by Gasteiger charge is 2.25. The summed E-state index contributed by atoms with van der Waals surface area (Å²) in [6, 6.07) is 30.4. The Kier molecular flexibility index (Phi) is 15.5. The van der Waals surface area contributed by atoms with E-state index in [9.17, 15) is 14.4 Å². The first-order valence-corrected chi connectivity index (χ1v) is 19.7. The Labute approximate surface area is 334 Å². The second-order valence-corrected chi connectivity index (χ2v) is 15.6. The van der Waals surface area contributed by atoms with Crippen molar-refractivity contribution in [2.75, 3.05) is 24.9 Å². The number of esters is 2. The zero-order valence-corrected chi connectivity index (χ0v) is 33.2. The van der Waals surface area contributed by atoms with Gasteiger partial charge in [-0.25, -0.2) is 9.59 Å². The molecule has 0 unspecified atom stereocenters. The van der Waals surface area contributed by atoms with Crippen molar-refractivity contribution in [2.45, 2.75) is 76.0 Å². The Balaban J connectivity index is 0.000000208. The third-order valence-electron chi connectivity index (χ3n) is 10.5. The average Bonchev–Trinajstić information content (AvgIpc) is 3.18. The number of thiocarbonyl (C=S) groups is 1. The van der Waals surface area contributed by atoms with Crippen molar-refractivity contribution >= 4 is 69.6 Å². The molecule has 2 saturated carbocycles. The van der Waals surface area contributed by atoms with E-state index < -0.39 is 0 Å². The van der Waals surface area contributed by atoms with Crippen molar-refractivity contribution in [1.29, 1.82) is 0 Å². The number of ether oxygens (including phenoxy) is 2. The van der Waals surface area contributed by atoms with E-state index in [1.165, 1.54) is 38.2 Å². The zero-order valence-electron chi connectivity index (χ0n) is 30.8. The number of carbonyl (C=O) groups is 3. The molecule has 2 N–H and O–H groups in total. The summed E-state index contributed by atoms with van der Waals surface area (Å²) in [6.45, 7) is 0. The zero-order chi connectivity index (χ0) is 38.5. The predicted octanol–water partition coefficient (Wildman–Crippen LogP) is 11.7. The Hall–Kier alpha value is -4.24. The number of benzene rings is 4. The molecule has 0 heterocycles. The molecule has 0 saturated heterocycles. The van der Waals surface area contributed by atoms with Gasteiger partial charge in [0.1, 0.15) is 0 Å². The Morgan fingerprint density at radius 2 is 1.00 bits per heavy atom. The van der Waals surface area contributed by atoms with E-state index in [1.807, 2.05) is 72.8 Å². The smallest absolute Gasteiger partial charge is 0.337 e. The number of hydrogen-bond acceptors (Lipinski definition) is 6. The standard InChI is InChI=1S/C22H24ClNO3.C22H24ClNO2S/c1-27-22(26)18-11-9-17(10-12-18)16-7-5-15(6-8-16)13-21(25)24-20-4-2-3-19(23)14-20;1-26-22(25)18-11-9-17(10-12-18)16-7-5-15(6-8-16)13-21(27)24-20-4-2-3-19(23)14-20/h2-4,9-12,14-16H,5-8,13H2,1H3,(H,24,25);2-4,9-12,14-16H,5-8,13H2,1H3,(H,24,27). The molecule has 284 valence electrons. The topological polar surface area (TPSA) is 93.7 Å². The molecule has 54 heavy (non-hydrogen) atoms. The van der Waals surface area contributed by atoms with E-state index in [4.69, 9.17) is 44.9 Å². The molecule has 0 spiro atoms. The number of rotatable bonds is 10. The molecule has 1 amide bonds. The van der Waals surface area contributed by atoms with E-state index in [0.29, 0.717) is 51.3 Å². The van der Waals surface area contributed by atoms with Gasteiger partial charge in [-0.15, -0.1) is 0 Å². The SMILES string of the molecule is COC(=O)c1ccc(C2CCC(CC(=O)Nc3cccc(Cl)c3)CC2)cc1.COC(=O)c1ccc(C2CCC(CC(=S)Nc3cccc(Cl)c3)CC2)cc1. The summed E-state index contributed by atoms with van der Waals surface area (Å²) in [7, 11) is 2.79. The fourth-order valence-corrected chi connectivity index (χ4v) is 8.23. The lowest BCUT2D eigenvalue weighted by molar-refractivity contribution is -0.117. The third-order valence-corrected chi connectivity index (χ3v) is 11.2. The van der Waals surface area contributed by atoms with Gasteiger partial charge in [0.15, 0.2) is 0 Å². The third kappa shape index (κ3) is 12.4. The van der Waals surface area contributed by atoms with Crippen molar-refractivity contribution in [3.63, 3.8) is 0 Å². The van der Waals surface area contributed by atoms with Crippen molar-refractivity contribution in [3.05, 3.63) is 129 Å². The number of methoxy groups -OCH3 is 2. The Bertz CT molecular complexity index is 1730. The highest BCUT2D eigenvalue weighted by atomic mass is 35.5. The summed E-state index contributed by atoms with van der Waals surface area (Å²) in [6.07, 6.45) is 10.3. The fraction of sp³-hybridized carbons (Fsp3) is 0.364. The van der Waals surface area contributed by atoms with E-state index in [1.54, 1.807) is 12.1 Å². The minimum absolute atomic E-state index is 0.0446. The van der Waals surface area contributed by atoms with Gasteiger partial charge in [-0.05, 0) is 147 Å². The van der Waals surface area contributed by atoms with E-state index >= 15 is 0 Å². The van der Waals surface area contributed by atoms with E-state index in [0.717, 1.165) is 61.3 Å². The molecule has 10 heteroatoms. The van der Waals surface area contributed by atoms with Crippen molar-refractivity contribution in [1.82, 2.24) is 0 Å². The monoisotopic (exact) mass is 786 g/mol. The molecule has 0 aliphatic heterocycles. The number of halogens is 2. The Morgan fingerprint density at radius 1 is 0.593 bits per heavy atom. The number of anilines is 2. The highest BCUT2D eigenvalue weighted by molar-refractivity contribution is 7.80. The summed E-state index contributed by atoms with van der Waals surface area (Å²) >= 11 is 17.5. The fourth-order valence-electron chi connectivity index (χ4n) is 7.50. The first kappa shape index (κ1) is 40.9. The number of carbonyl (C=O) groups excluding carboxylic acids is 3. The molecule has 7 nitrogen and oxygen atoms in total. The largest absolute Gasteiger partial charge is 0.465 e. The van der Waals surface area contributed by atoms with Gasteiger partial charge in [-0.3, -0.25) is 4.79 Å². The highest BCUT2D eigenvalue weighted by Crippen LogP contribution is 2.38. The number of nitrogens with one attached hydrogen (secondary N) is 2. The maximum absolute atomic E-state index is 12.3. The summed E-state index contributed by atoms with van der Waals surface area (Å²) in [5.41, 5.74) is 5.43. The van der Waals surface area contributed by atoms with Crippen LogP contribution in [0.4, 0.5) is 11.4 Å². The first-order chi connectivity index (χ1) is 26.1. The summed E-state index contributed by atoms with van der Waals surface area (Å²) in [4.78, 5) is 36.2. The summed E-state index contributed by atoms with van der Waals surface area (Å²) in [5.74, 6) is 1.53. The summed E-state index contributed by atoms with van der Waals surface area (Å²) < 4.78 is 9.49. The van der Waals surface area contributed by atoms with Crippen LogP contribution in [0.3, 0.4) is 0 Å². The molecular weight excluding hydrogens is 739 g/mol. The van der Waals surface area contributed by atoms with Crippen LogP contribution in [-0.2, 0) is 14.3 Å². The van der Waals surface area contributed by atoms with Gasteiger partial charge in [-0.2, -0.15) is 0 Å². The lowest BCUT2D eigenvalue weighted by Gasteiger charge is -2.29. The van der Waals surface area contributed by atoms with Gasteiger partial charge in [-0.1, -0.05) is 71.8 Å². The molecule has 2 aliphatic carbocycles. The van der Waals surface area contributed by atoms with Gasteiger partial charge < -0.3 is 20.1 Å². The van der Waals surface area contributed by atoms with Crippen molar-refractivity contribution in [2.24, 2.45) is 11.8 Å². The maximum Gasteiger partial charge on any atom is 0.337 e. The quantitative estimate of drug-likeness (QED) is 0.122. The van der Waals surface area contributed by atoms with Crippen LogP contribution in [0.1, 0.15) is 108 Å². The number of hydrogen-bond donors (Lipinski definition) is 2. The lowest BCUT2D eigenvalue weighted by atomic mass is 9.77. The van der Waals surface area contributed by atoms with Crippen LogP contribution in [0.25, 0.3) is 0 Å². The molecule has 0 atom stereocenters. The van der Waals surface area contributed by atoms with Crippen LogP contribution < -0.4 is 10.6 Å². The average molecular weight is 788 g/mol. The number of amides is 1. The van der Waals surface area contributed by atoms with Crippen LogP contribution >= 0.6 is 35.4 Å². The van der Waals surface area contributed by atoms with Crippen molar-refractivity contribution in [3.8, 4) is 0 Å². The van der Waals surface area contributed by atoms with Crippen LogP contribution in [0, 0.1) is 11.8 Å². The van der Waals surface area contributed by atoms with Crippen LogP contribution in [-0.4, -0.2) is 37.1 Å². The van der Waals surface area contributed by atoms with Gasteiger partial charge in [0.2, 0.25) is 5.91 Å². The molecule has 4 aromatic carbocycles. The van der Waals surface area contributed by atoms with Gasteiger partial charge in [0.05, 0.1) is 30.3 Å². The van der Waals surface area contributed by atoms with Gasteiger partial charge >= 0.3 is 11.9 Å². The van der Waals surface area contributed by atoms with E-state index in [2.05, 4.69) is 22.8 Å². The molecule has 0 radical (unpaired) electrons. The molecule has 0 aromatic heterocycles. The van der Waals surface area contributed by atoms with Crippen LogP contribution in [0.5, 0.6) is 0 Å². The second-order valence-electron chi connectivity index (χ2n) is 14.2. The molecule has 2 fully saturated rings. The lowest BCUT2D eigenvalue weighted by Crippen LogP contribution is -2.20. The normalized spacial score (nSPS) is 19.3. The maximum atomic E-state index is 12.3. The van der Waals surface area contributed by atoms with Gasteiger partial charge in [0.25, 0.3) is 0 Å². The van der Waals surface area contributed by atoms with Crippen LogP contribution in [0.2, 0.25) is 10.0 Å². The van der Waals surface area contributed by atoms with Gasteiger partial charge in [0, 0.05) is 34.3 Å². The van der Waals surface area contributed by atoms with E-state index in [-0.39, 0.29) is 17.8 Å². The predicted molar refractivity (Wildman–Crippen MR) is 222 cm³/mol. The molecule has 6 rings (SSSR count). The van der Waals surface area contributed by atoms with Crippen molar-refractivity contribution < 1.29 is 23.9 Å². The molecule has 4 aromatic rings. The van der Waals surface area contributed by atoms with Crippen LogP contribution in [0.15, 0.2) is 97.1 Å². The molecule has 2 aliphatic rings.